The van der Waals surface area contributed by atoms with Crippen molar-refractivity contribution in [3.8, 4) is 5.75 Å². The van der Waals surface area contributed by atoms with Crippen LogP contribution in [-0.4, -0.2) is 63.9 Å². The summed E-state index contributed by atoms with van der Waals surface area (Å²) in [6.45, 7) is 2.06. The maximum Gasteiger partial charge on any atom is 0.264 e. The molecule has 0 saturated carbocycles. The number of likely N-dealkylation sites (tertiary alicyclic amines) is 1. The van der Waals surface area contributed by atoms with E-state index in [0.717, 1.165) is 5.56 Å². The van der Waals surface area contributed by atoms with Crippen molar-refractivity contribution in [1.29, 1.82) is 0 Å². The van der Waals surface area contributed by atoms with E-state index >= 15 is 0 Å². The highest BCUT2D eigenvalue weighted by Gasteiger charge is 2.46. The fraction of sp³-hybridized carbons (Fsp3) is 0.379. The van der Waals surface area contributed by atoms with Crippen molar-refractivity contribution in [1.82, 2.24) is 4.90 Å². The van der Waals surface area contributed by atoms with E-state index in [1.807, 2.05) is 30.3 Å². The van der Waals surface area contributed by atoms with Crippen molar-refractivity contribution >= 4 is 15.7 Å². The first kappa shape index (κ1) is 26.6. The molecule has 7 nitrogen and oxygen atoms in total. The largest absolute Gasteiger partial charge is 0.497 e. The molecule has 0 spiro atoms. The van der Waals surface area contributed by atoms with Gasteiger partial charge in [0.05, 0.1) is 30.3 Å². The van der Waals surface area contributed by atoms with Crippen molar-refractivity contribution in [2.45, 2.75) is 41.8 Å². The van der Waals surface area contributed by atoms with Gasteiger partial charge in [-0.05, 0) is 66.9 Å². The molecule has 0 amide bonds. The molecule has 2 aliphatic rings. The molecule has 5 rings (SSSR count). The average molecular weight is 541 g/mol. The van der Waals surface area contributed by atoms with E-state index in [2.05, 4.69) is 4.90 Å². The molecule has 0 aromatic heterocycles. The number of benzene rings is 3. The Kier molecular flexibility index (Phi) is 7.72. The normalized spacial score (nSPS) is 23.2. The zero-order valence-corrected chi connectivity index (χ0v) is 22.2. The summed E-state index contributed by atoms with van der Waals surface area (Å²) in [7, 11) is -2.41. The van der Waals surface area contributed by atoms with E-state index in [-0.39, 0.29) is 17.0 Å². The molecule has 2 aliphatic heterocycles. The molecule has 38 heavy (non-hydrogen) atoms. The molecule has 1 N–H and O–H groups in total. The minimum atomic E-state index is -3.94. The number of piperidine rings is 1. The number of sulfonamides is 1. The summed E-state index contributed by atoms with van der Waals surface area (Å²) in [5, 5.41) is 11.8. The number of hydrogen-bond donors (Lipinski definition) is 1. The Labute approximate surface area is 223 Å². The van der Waals surface area contributed by atoms with Gasteiger partial charge in [-0.15, -0.1) is 0 Å². The summed E-state index contributed by atoms with van der Waals surface area (Å²) in [5.74, 6) is 0.133. The Hall–Kier alpha value is -2.98. The Balaban J connectivity index is 1.41. The van der Waals surface area contributed by atoms with Gasteiger partial charge in [0.25, 0.3) is 10.0 Å². The molecule has 3 aromatic carbocycles. The molecule has 0 bridgehead atoms. The molecule has 0 unspecified atom stereocenters. The second-order valence-electron chi connectivity index (χ2n) is 9.85. The Morgan fingerprint density at radius 3 is 2.29 bits per heavy atom. The van der Waals surface area contributed by atoms with E-state index in [1.54, 1.807) is 12.1 Å². The molecule has 2 heterocycles. The fourth-order valence-electron chi connectivity index (χ4n) is 5.63. The average Bonchev–Trinajstić information content (AvgIpc) is 2.95. The Bertz CT molecular complexity index is 1310. The van der Waals surface area contributed by atoms with Gasteiger partial charge in [-0.3, -0.25) is 9.21 Å². The first-order valence-electron chi connectivity index (χ1n) is 12.9. The number of aliphatic hydroxyl groups is 1. The van der Waals surface area contributed by atoms with Crippen LogP contribution in [0.5, 0.6) is 5.75 Å². The first-order valence-corrected chi connectivity index (χ1v) is 14.3. The molecular formula is C29H33FN2O5S. The Morgan fingerprint density at radius 2 is 1.66 bits per heavy atom. The smallest absolute Gasteiger partial charge is 0.264 e. The molecule has 202 valence electrons. The highest BCUT2D eigenvalue weighted by atomic mass is 32.2. The van der Waals surface area contributed by atoms with E-state index in [1.165, 1.54) is 47.8 Å². The summed E-state index contributed by atoms with van der Waals surface area (Å²) >= 11 is 0. The lowest BCUT2D eigenvalue weighted by Crippen LogP contribution is -2.59. The summed E-state index contributed by atoms with van der Waals surface area (Å²) in [6.07, 6.45) is 1.59. The van der Waals surface area contributed by atoms with Crippen molar-refractivity contribution < 1.29 is 27.4 Å². The molecule has 2 atom stereocenters. The SMILES string of the molecule is COc1ccc(S(=O)(=O)N(c2ccc(F)cc2)C2CCN([C@@H]3COCC[C@@]3(O)c3ccccc3)CC2)cc1. The van der Waals surface area contributed by atoms with E-state index in [9.17, 15) is 17.9 Å². The lowest BCUT2D eigenvalue weighted by molar-refractivity contribution is -0.138. The van der Waals surface area contributed by atoms with Crippen LogP contribution in [-0.2, 0) is 20.4 Å². The topological polar surface area (TPSA) is 79.3 Å². The first-order chi connectivity index (χ1) is 18.3. The Morgan fingerprint density at radius 1 is 1.00 bits per heavy atom. The number of nitrogens with zero attached hydrogens (tertiary/aromatic N) is 2. The third-order valence-corrected chi connectivity index (χ3v) is 9.59. The summed E-state index contributed by atoms with van der Waals surface area (Å²) in [4.78, 5) is 2.36. The van der Waals surface area contributed by atoms with E-state index < -0.39 is 21.4 Å². The lowest BCUT2D eigenvalue weighted by atomic mass is 9.81. The third kappa shape index (κ3) is 5.16. The van der Waals surface area contributed by atoms with Crippen LogP contribution in [0.15, 0.2) is 83.8 Å². The van der Waals surface area contributed by atoms with Gasteiger partial charge >= 0.3 is 0 Å². The molecule has 2 saturated heterocycles. The predicted octanol–water partition coefficient (Wildman–Crippen LogP) is 4.17. The second-order valence-corrected chi connectivity index (χ2v) is 11.7. The van der Waals surface area contributed by atoms with E-state index in [4.69, 9.17) is 9.47 Å². The van der Waals surface area contributed by atoms with Crippen LogP contribution in [0.4, 0.5) is 10.1 Å². The third-order valence-electron chi connectivity index (χ3n) is 7.70. The van der Waals surface area contributed by atoms with Gasteiger partial charge in [0.1, 0.15) is 17.2 Å². The number of halogens is 1. The standard InChI is InChI=1S/C29H33FN2O5S/c1-36-26-11-13-27(14-12-26)38(34,35)32(24-9-7-23(30)8-10-24)25-15-18-31(19-16-25)28-21-37-20-17-29(28,33)22-5-3-2-4-6-22/h2-14,25,28,33H,15-21H2,1H3/t28-,29-/m1/s1. The number of ether oxygens (including phenoxy) is 2. The van der Waals surface area contributed by atoms with Crippen LogP contribution in [0.2, 0.25) is 0 Å². The lowest BCUT2D eigenvalue weighted by Gasteiger charge is -2.49. The van der Waals surface area contributed by atoms with Crippen LogP contribution >= 0.6 is 0 Å². The van der Waals surface area contributed by atoms with Crippen molar-refractivity contribution in [3.05, 3.63) is 90.2 Å². The van der Waals surface area contributed by atoms with Crippen LogP contribution in [0.3, 0.4) is 0 Å². The minimum Gasteiger partial charge on any atom is -0.497 e. The monoisotopic (exact) mass is 540 g/mol. The van der Waals surface area contributed by atoms with E-state index in [0.29, 0.717) is 57.0 Å². The zero-order valence-electron chi connectivity index (χ0n) is 21.4. The number of anilines is 1. The summed E-state index contributed by atoms with van der Waals surface area (Å²) in [5.41, 5.74) is 0.242. The minimum absolute atomic E-state index is 0.143. The van der Waals surface area contributed by atoms with Crippen LogP contribution in [0, 0.1) is 5.82 Å². The number of rotatable bonds is 7. The van der Waals surface area contributed by atoms with Crippen molar-refractivity contribution in [3.63, 3.8) is 0 Å². The quantitative estimate of drug-likeness (QED) is 0.485. The predicted molar refractivity (Wildman–Crippen MR) is 143 cm³/mol. The van der Waals surface area contributed by atoms with Crippen LogP contribution in [0.25, 0.3) is 0 Å². The highest BCUT2D eigenvalue weighted by molar-refractivity contribution is 7.92. The summed E-state index contributed by atoms with van der Waals surface area (Å²) < 4.78 is 53.9. The highest BCUT2D eigenvalue weighted by Crippen LogP contribution is 2.38. The van der Waals surface area contributed by atoms with Crippen molar-refractivity contribution in [2.24, 2.45) is 0 Å². The molecule has 2 fully saturated rings. The molecule has 0 aliphatic carbocycles. The van der Waals surface area contributed by atoms with Crippen LogP contribution < -0.4 is 9.04 Å². The van der Waals surface area contributed by atoms with Gasteiger partial charge in [-0.25, -0.2) is 12.8 Å². The summed E-state index contributed by atoms with van der Waals surface area (Å²) in [6, 6.07) is 21.0. The molecular weight excluding hydrogens is 507 g/mol. The van der Waals surface area contributed by atoms with Gasteiger partial charge in [0.15, 0.2) is 0 Å². The van der Waals surface area contributed by atoms with Crippen molar-refractivity contribution in [2.75, 3.05) is 37.7 Å². The maximum atomic E-state index is 13.9. The van der Waals surface area contributed by atoms with Crippen LogP contribution in [0.1, 0.15) is 24.8 Å². The molecule has 0 radical (unpaired) electrons. The molecule has 9 heteroatoms. The van der Waals surface area contributed by atoms with Gasteiger partial charge in [0.2, 0.25) is 0 Å². The second kappa shape index (κ2) is 11.0. The van der Waals surface area contributed by atoms with Gasteiger partial charge in [0, 0.05) is 32.2 Å². The fourth-order valence-corrected chi connectivity index (χ4v) is 7.33. The molecule has 3 aromatic rings. The number of hydrogen-bond acceptors (Lipinski definition) is 6. The number of methoxy groups -OCH3 is 1. The van der Waals surface area contributed by atoms with Gasteiger partial charge < -0.3 is 14.6 Å². The van der Waals surface area contributed by atoms with Gasteiger partial charge in [-0.2, -0.15) is 0 Å². The zero-order chi connectivity index (χ0) is 26.8. The van der Waals surface area contributed by atoms with Gasteiger partial charge in [-0.1, -0.05) is 30.3 Å². The maximum absolute atomic E-state index is 13.9.